The van der Waals surface area contributed by atoms with Crippen molar-refractivity contribution in [3.05, 3.63) is 50.4 Å². The highest BCUT2D eigenvalue weighted by atomic mass is 79.9. The van der Waals surface area contributed by atoms with Gasteiger partial charge in [0.15, 0.2) is 0 Å². The van der Waals surface area contributed by atoms with Crippen LogP contribution in [0, 0.1) is 12.7 Å². The molecule has 0 radical (unpaired) electrons. The van der Waals surface area contributed by atoms with Gasteiger partial charge >= 0.3 is 0 Å². The van der Waals surface area contributed by atoms with E-state index >= 15 is 0 Å². The van der Waals surface area contributed by atoms with Gasteiger partial charge in [-0.2, -0.15) is 0 Å². The first-order valence-corrected chi connectivity index (χ1v) is 8.13. The highest BCUT2D eigenvalue weighted by Crippen LogP contribution is 2.25. The lowest BCUT2D eigenvalue weighted by atomic mass is 10.2. The number of nitrogens with zero attached hydrogens (tertiary/aromatic N) is 1. The fraction of sp³-hybridized carbons (Fsp3) is 0.267. The van der Waals surface area contributed by atoms with E-state index in [2.05, 4.69) is 37.2 Å². The molecule has 21 heavy (non-hydrogen) atoms. The molecule has 0 aliphatic carbocycles. The summed E-state index contributed by atoms with van der Waals surface area (Å²) in [5.74, 6) is -0.653. The van der Waals surface area contributed by atoms with Gasteiger partial charge in [-0.25, -0.2) is 4.39 Å². The molecule has 0 spiro atoms. The van der Waals surface area contributed by atoms with Crippen molar-refractivity contribution in [1.29, 1.82) is 0 Å². The molecule has 0 saturated carbocycles. The molecule has 0 atom stereocenters. The fourth-order valence-corrected chi connectivity index (χ4v) is 2.98. The summed E-state index contributed by atoms with van der Waals surface area (Å²) >= 11 is 6.50. The Hall–Kier alpha value is -1.14. The van der Waals surface area contributed by atoms with Crippen LogP contribution in [0.4, 0.5) is 10.1 Å². The number of aromatic nitrogens is 1. The summed E-state index contributed by atoms with van der Waals surface area (Å²) in [5.41, 5.74) is 1.82. The van der Waals surface area contributed by atoms with E-state index in [0.29, 0.717) is 15.9 Å². The first kappa shape index (κ1) is 16.2. The molecule has 1 heterocycles. The third-order valence-corrected chi connectivity index (χ3v) is 4.12. The molecule has 1 aromatic carbocycles. The summed E-state index contributed by atoms with van der Waals surface area (Å²) in [4.78, 5) is 12.4. The minimum atomic E-state index is -0.402. The molecule has 0 fully saturated rings. The predicted molar refractivity (Wildman–Crippen MR) is 89.2 cm³/mol. The summed E-state index contributed by atoms with van der Waals surface area (Å²) in [6, 6.07) is 4.72. The van der Waals surface area contributed by atoms with E-state index in [1.165, 1.54) is 6.07 Å². The molecule has 6 heteroatoms. The Bertz CT molecular complexity index is 683. The zero-order chi connectivity index (χ0) is 15.6. The number of rotatable bonds is 4. The summed E-state index contributed by atoms with van der Waals surface area (Å²) in [6.07, 6.45) is 2.79. The largest absolute Gasteiger partial charge is 0.342 e. The van der Waals surface area contributed by atoms with Gasteiger partial charge in [-0.1, -0.05) is 6.92 Å². The van der Waals surface area contributed by atoms with Gasteiger partial charge in [0.2, 0.25) is 0 Å². The second kappa shape index (κ2) is 6.75. The van der Waals surface area contributed by atoms with E-state index in [9.17, 15) is 9.18 Å². The van der Waals surface area contributed by atoms with Crippen molar-refractivity contribution in [3.8, 4) is 0 Å². The van der Waals surface area contributed by atoms with Crippen LogP contribution in [0.2, 0.25) is 0 Å². The number of carbonyl (C=O) groups excluding carboxylic acids is 1. The van der Waals surface area contributed by atoms with Crippen molar-refractivity contribution in [2.24, 2.45) is 0 Å². The maximum Gasteiger partial charge on any atom is 0.272 e. The van der Waals surface area contributed by atoms with Crippen molar-refractivity contribution in [1.82, 2.24) is 4.57 Å². The van der Waals surface area contributed by atoms with Gasteiger partial charge < -0.3 is 9.88 Å². The molecule has 0 bridgehead atoms. The van der Waals surface area contributed by atoms with Crippen molar-refractivity contribution >= 4 is 43.5 Å². The number of amides is 1. The number of hydrogen-bond acceptors (Lipinski definition) is 1. The van der Waals surface area contributed by atoms with Crippen LogP contribution in [0.3, 0.4) is 0 Å². The zero-order valence-electron chi connectivity index (χ0n) is 11.7. The van der Waals surface area contributed by atoms with E-state index in [0.717, 1.165) is 23.0 Å². The van der Waals surface area contributed by atoms with E-state index in [1.54, 1.807) is 12.1 Å². The van der Waals surface area contributed by atoms with Gasteiger partial charge in [-0.3, -0.25) is 4.79 Å². The first-order chi connectivity index (χ1) is 9.92. The second-order valence-corrected chi connectivity index (χ2v) is 6.54. The number of carbonyl (C=O) groups is 1. The molecular weight excluding hydrogens is 403 g/mol. The average molecular weight is 418 g/mol. The van der Waals surface area contributed by atoms with Gasteiger partial charge in [0.25, 0.3) is 5.91 Å². The maximum atomic E-state index is 13.6. The number of hydrogen-bond donors (Lipinski definition) is 1. The van der Waals surface area contributed by atoms with Crippen LogP contribution >= 0.6 is 31.9 Å². The van der Waals surface area contributed by atoms with Gasteiger partial charge in [-0.15, -0.1) is 0 Å². The van der Waals surface area contributed by atoms with Crippen molar-refractivity contribution in [3.63, 3.8) is 0 Å². The smallest absolute Gasteiger partial charge is 0.272 e. The summed E-state index contributed by atoms with van der Waals surface area (Å²) in [6.45, 7) is 4.62. The number of benzene rings is 1. The van der Waals surface area contributed by atoms with E-state index in [1.807, 2.05) is 24.6 Å². The quantitative estimate of drug-likeness (QED) is 0.735. The van der Waals surface area contributed by atoms with Crippen LogP contribution in [-0.4, -0.2) is 10.5 Å². The van der Waals surface area contributed by atoms with E-state index in [4.69, 9.17) is 0 Å². The molecule has 2 rings (SSSR count). The predicted octanol–water partition coefficient (Wildman–Crippen LogP) is 5.12. The first-order valence-electron chi connectivity index (χ1n) is 6.55. The monoisotopic (exact) mass is 416 g/mol. The number of anilines is 1. The lowest BCUT2D eigenvalue weighted by Gasteiger charge is -2.11. The SMILES string of the molecule is CCCn1cc(Br)cc1C(=O)Nc1cc(F)c(Br)cc1C. The Kier molecular flexibility index (Phi) is 5.22. The number of nitrogens with one attached hydrogen (secondary N) is 1. The van der Waals surface area contributed by atoms with Crippen molar-refractivity contribution < 1.29 is 9.18 Å². The van der Waals surface area contributed by atoms with Crippen molar-refractivity contribution in [2.75, 3.05) is 5.32 Å². The lowest BCUT2D eigenvalue weighted by Crippen LogP contribution is -2.17. The minimum absolute atomic E-state index is 0.251. The highest BCUT2D eigenvalue weighted by molar-refractivity contribution is 9.10. The van der Waals surface area contributed by atoms with Gasteiger partial charge in [0, 0.05) is 22.9 Å². The summed E-state index contributed by atoms with van der Waals surface area (Å²) in [5, 5.41) is 2.77. The van der Waals surface area contributed by atoms with Gasteiger partial charge in [0.1, 0.15) is 11.5 Å². The van der Waals surface area contributed by atoms with Crippen LogP contribution < -0.4 is 5.32 Å². The molecule has 3 nitrogen and oxygen atoms in total. The standard InChI is InChI=1S/C15H15Br2FN2O/c1-3-4-20-8-10(16)6-14(20)15(21)19-13-7-12(18)11(17)5-9(13)2/h5-8H,3-4H2,1-2H3,(H,19,21). The summed E-state index contributed by atoms with van der Waals surface area (Å²) < 4.78 is 16.7. The molecule has 1 aromatic heterocycles. The molecule has 0 aliphatic rings. The fourth-order valence-electron chi connectivity index (χ4n) is 2.06. The molecule has 1 N–H and O–H groups in total. The normalized spacial score (nSPS) is 10.7. The Balaban J connectivity index is 2.28. The van der Waals surface area contributed by atoms with Crippen molar-refractivity contribution in [2.45, 2.75) is 26.8 Å². The van der Waals surface area contributed by atoms with E-state index in [-0.39, 0.29) is 5.91 Å². The van der Waals surface area contributed by atoms with Crippen LogP contribution in [0.1, 0.15) is 29.4 Å². The van der Waals surface area contributed by atoms with Crippen LogP contribution in [0.15, 0.2) is 33.3 Å². The zero-order valence-corrected chi connectivity index (χ0v) is 14.9. The molecule has 112 valence electrons. The molecule has 0 saturated heterocycles. The van der Waals surface area contributed by atoms with E-state index < -0.39 is 5.82 Å². The van der Waals surface area contributed by atoms with Gasteiger partial charge in [-0.05, 0) is 69.0 Å². The number of aryl methyl sites for hydroxylation is 2. The molecule has 0 aliphatic heterocycles. The third kappa shape index (κ3) is 3.74. The lowest BCUT2D eigenvalue weighted by molar-refractivity contribution is 0.101. The third-order valence-electron chi connectivity index (χ3n) is 3.08. The second-order valence-electron chi connectivity index (χ2n) is 4.77. The van der Waals surface area contributed by atoms with Gasteiger partial charge in [0.05, 0.1) is 4.47 Å². The van der Waals surface area contributed by atoms with Crippen LogP contribution in [0.25, 0.3) is 0 Å². The highest BCUT2D eigenvalue weighted by Gasteiger charge is 2.15. The number of halogens is 3. The molecular formula is C15H15Br2FN2O. The molecule has 1 amide bonds. The molecule has 2 aromatic rings. The Morgan fingerprint density at radius 2 is 2.05 bits per heavy atom. The van der Waals surface area contributed by atoms with Crippen LogP contribution in [-0.2, 0) is 6.54 Å². The maximum absolute atomic E-state index is 13.6. The summed E-state index contributed by atoms with van der Waals surface area (Å²) in [7, 11) is 0. The Morgan fingerprint density at radius 3 is 2.71 bits per heavy atom. The molecule has 0 unspecified atom stereocenters. The topological polar surface area (TPSA) is 34.0 Å². The Labute approximate surface area is 139 Å². The minimum Gasteiger partial charge on any atom is -0.342 e. The van der Waals surface area contributed by atoms with Crippen LogP contribution in [0.5, 0.6) is 0 Å². The Morgan fingerprint density at radius 1 is 1.33 bits per heavy atom. The average Bonchev–Trinajstić information content (AvgIpc) is 2.77.